The highest BCUT2D eigenvalue weighted by Crippen LogP contribution is 2.29. The van der Waals surface area contributed by atoms with E-state index in [2.05, 4.69) is 63.5 Å². The van der Waals surface area contributed by atoms with Crippen LogP contribution in [0.3, 0.4) is 0 Å². The normalized spacial score (nSPS) is 18.1. The highest BCUT2D eigenvalue weighted by Gasteiger charge is 2.31. The molecule has 0 aliphatic carbocycles. The highest BCUT2D eigenvalue weighted by atomic mass is 16.2. The standard InChI is InChI=1S/C19H28N4O/c1-13(2)17-12-15(20-23(17)19(4,5)6)18(24)22-11-10-21-9-7-8-16(21)14(22)3/h7-9,12-14H,10-11H2,1-6H3. The van der Waals surface area contributed by atoms with Crippen LogP contribution in [0.15, 0.2) is 24.4 Å². The predicted octanol–water partition coefficient (Wildman–Crippen LogP) is 3.78. The quantitative estimate of drug-likeness (QED) is 0.842. The van der Waals surface area contributed by atoms with Crippen molar-refractivity contribution >= 4 is 5.91 Å². The first kappa shape index (κ1) is 16.8. The average molecular weight is 328 g/mol. The number of carbonyl (C=O) groups excluding carboxylic acids is 1. The van der Waals surface area contributed by atoms with Crippen LogP contribution in [0.5, 0.6) is 0 Å². The fourth-order valence-electron chi connectivity index (χ4n) is 3.45. The van der Waals surface area contributed by atoms with Crippen molar-refractivity contribution in [1.82, 2.24) is 19.2 Å². The van der Waals surface area contributed by atoms with Gasteiger partial charge in [-0.25, -0.2) is 0 Å². The van der Waals surface area contributed by atoms with Gasteiger partial charge in [0.05, 0.1) is 11.6 Å². The van der Waals surface area contributed by atoms with Gasteiger partial charge in [0.25, 0.3) is 5.91 Å². The molecule has 0 spiro atoms. The molecular weight excluding hydrogens is 300 g/mol. The third-order valence-corrected chi connectivity index (χ3v) is 4.79. The topological polar surface area (TPSA) is 43.1 Å². The van der Waals surface area contributed by atoms with Crippen molar-refractivity contribution in [2.75, 3.05) is 6.54 Å². The van der Waals surface area contributed by atoms with Gasteiger partial charge in [-0.15, -0.1) is 0 Å². The maximum atomic E-state index is 13.1. The van der Waals surface area contributed by atoms with E-state index in [0.717, 1.165) is 18.8 Å². The molecule has 0 fully saturated rings. The first-order chi connectivity index (χ1) is 11.2. The van der Waals surface area contributed by atoms with Crippen LogP contribution in [-0.2, 0) is 12.1 Å². The Morgan fingerprint density at radius 1 is 1.29 bits per heavy atom. The number of fused-ring (bicyclic) bond motifs is 1. The Morgan fingerprint density at radius 2 is 2.00 bits per heavy atom. The Hall–Kier alpha value is -2.04. The van der Waals surface area contributed by atoms with Crippen molar-refractivity contribution < 1.29 is 4.79 Å². The third kappa shape index (κ3) is 2.76. The van der Waals surface area contributed by atoms with Gasteiger partial charge >= 0.3 is 0 Å². The monoisotopic (exact) mass is 328 g/mol. The molecule has 0 aromatic carbocycles. The summed E-state index contributed by atoms with van der Waals surface area (Å²) in [7, 11) is 0. The van der Waals surface area contributed by atoms with Crippen LogP contribution in [0.2, 0.25) is 0 Å². The van der Waals surface area contributed by atoms with Crippen molar-refractivity contribution in [3.05, 3.63) is 41.5 Å². The summed E-state index contributed by atoms with van der Waals surface area (Å²) in [4.78, 5) is 15.0. The summed E-state index contributed by atoms with van der Waals surface area (Å²) >= 11 is 0. The molecule has 5 heteroatoms. The van der Waals surface area contributed by atoms with Crippen LogP contribution in [0.25, 0.3) is 0 Å². The molecule has 0 bridgehead atoms. The maximum Gasteiger partial charge on any atom is 0.274 e. The van der Waals surface area contributed by atoms with Crippen molar-refractivity contribution in [3.8, 4) is 0 Å². The minimum Gasteiger partial charge on any atom is -0.348 e. The van der Waals surface area contributed by atoms with Crippen molar-refractivity contribution in [2.24, 2.45) is 0 Å². The molecule has 1 aliphatic rings. The van der Waals surface area contributed by atoms with Gasteiger partial charge in [-0.1, -0.05) is 13.8 Å². The number of aromatic nitrogens is 3. The smallest absolute Gasteiger partial charge is 0.274 e. The van der Waals surface area contributed by atoms with Gasteiger partial charge in [-0.05, 0) is 51.8 Å². The van der Waals surface area contributed by atoms with Gasteiger partial charge in [0.2, 0.25) is 0 Å². The van der Waals surface area contributed by atoms with E-state index in [4.69, 9.17) is 0 Å². The molecular formula is C19H28N4O. The lowest BCUT2D eigenvalue weighted by Gasteiger charge is -2.34. The van der Waals surface area contributed by atoms with Gasteiger partial charge in [0, 0.05) is 30.7 Å². The second kappa shape index (κ2) is 5.80. The van der Waals surface area contributed by atoms with E-state index < -0.39 is 0 Å². The third-order valence-electron chi connectivity index (χ3n) is 4.79. The Bertz CT molecular complexity index is 748. The molecule has 0 saturated carbocycles. The number of hydrogen-bond acceptors (Lipinski definition) is 2. The number of amides is 1. The van der Waals surface area contributed by atoms with Crippen molar-refractivity contribution in [1.29, 1.82) is 0 Å². The SMILES string of the molecule is CC(C)c1cc(C(=O)N2CCn3cccc3C2C)nn1C(C)(C)C. The zero-order chi connectivity index (χ0) is 17.6. The summed E-state index contributed by atoms with van der Waals surface area (Å²) in [6.45, 7) is 14.3. The van der Waals surface area contributed by atoms with Crippen molar-refractivity contribution in [3.63, 3.8) is 0 Å². The van der Waals surface area contributed by atoms with Gasteiger partial charge in [0.1, 0.15) is 0 Å². The molecule has 130 valence electrons. The van der Waals surface area contributed by atoms with E-state index in [0.29, 0.717) is 11.6 Å². The molecule has 3 rings (SSSR count). The molecule has 1 unspecified atom stereocenters. The Kier molecular flexibility index (Phi) is 4.06. The van der Waals surface area contributed by atoms with Crippen LogP contribution in [-0.4, -0.2) is 31.7 Å². The lowest BCUT2D eigenvalue weighted by atomic mass is 10.1. The van der Waals surface area contributed by atoms with E-state index in [9.17, 15) is 4.79 Å². The maximum absolute atomic E-state index is 13.1. The summed E-state index contributed by atoms with van der Waals surface area (Å²) in [5.74, 6) is 0.356. The van der Waals surface area contributed by atoms with E-state index in [1.807, 2.05) is 21.7 Å². The van der Waals surface area contributed by atoms with Crippen LogP contribution >= 0.6 is 0 Å². The lowest BCUT2D eigenvalue weighted by molar-refractivity contribution is 0.0636. The minimum absolute atomic E-state index is 0.0276. The van der Waals surface area contributed by atoms with Crippen LogP contribution in [0.1, 0.15) is 75.4 Å². The summed E-state index contributed by atoms with van der Waals surface area (Å²) in [5, 5.41) is 4.67. The predicted molar refractivity (Wildman–Crippen MR) is 95.2 cm³/mol. The molecule has 0 N–H and O–H groups in total. The molecule has 3 heterocycles. The first-order valence-corrected chi connectivity index (χ1v) is 8.76. The number of carbonyl (C=O) groups is 1. The summed E-state index contributed by atoms with van der Waals surface area (Å²) in [5.41, 5.74) is 2.72. The van der Waals surface area contributed by atoms with Gasteiger partial charge < -0.3 is 9.47 Å². The molecule has 5 nitrogen and oxygen atoms in total. The minimum atomic E-state index is -0.139. The second-order valence-corrected chi connectivity index (χ2v) is 7.99. The van der Waals surface area contributed by atoms with E-state index in [1.54, 1.807) is 0 Å². The fourth-order valence-corrected chi connectivity index (χ4v) is 3.45. The Balaban J connectivity index is 1.94. The largest absolute Gasteiger partial charge is 0.348 e. The Labute approximate surface area is 144 Å². The van der Waals surface area contributed by atoms with Gasteiger partial charge in [-0.2, -0.15) is 5.10 Å². The lowest BCUT2D eigenvalue weighted by Crippen LogP contribution is -2.41. The molecule has 1 aliphatic heterocycles. The van der Waals surface area contributed by atoms with E-state index >= 15 is 0 Å². The summed E-state index contributed by atoms with van der Waals surface area (Å²) in [6.07, 6.45) is 2.08. The molecule has 0 radical (unpaired) electrons. The van der Waals surface area contributed by atoms with Gasteiger partial charge in [-0.3, -0.25) is 9.48 Å². The molecule has 2 aromatic heterocycles. The van der Waals surface area contributed by atoms with Crippen LogP contribution in [0, 0.1) is 0 Å². The molecule has 0 saturated heterocycles. The van der Waals surface area contributed by atoms with E-state index in [-0.39, 0.29) is 17.5 Å². The van der Waals surface area contributed by atoms with Crippen LogP contribution in [0.4, 0.5) is 0 Å². The van der Waals surface area contributed by atoms with Gasteiger partial charge in [0.15, 0.2) is 5.69 Å². The number of hydrogen-bond donors (Lipinski definition) is 0. The van der Waals surface area contributed by atoms with Crippen LogP contribution < -0.4 is 0 Å². The number of rotatable bonds is 2. The second-order valence-electron chi connectivity index (χ2n) is 7.99. The molecule has 1 amide bonds. The molecule has 2 aromatic rings. The number of nitrogens with zero attached hydrogens (tertiary/aromatic N) is 4. The Morgan fingerprint density at radius 3 is 2.58 bits per heavy atom. The molecule has 24 heavy (non-hydrogen) atoms. The summed E-state index contributed by atoms with van der Waals surface area (Å²) in [6, 6.07) is 6.18. The zero-order valence-electron chi connectivity index (χ0n) is 15.6. The first-order valence-electron chi connectivity index (χ1n) is 8.76. The average Bonchev–Trinajstić information content (AvgIpc) is 3.13. The van der Waals surface area contributed by atoms with E-state index in [1.165, 1.54) is 5.69 Å². The summed E-state index contributed by atoms with van der Waals surface area (Å²) < 4.78 is 4.23. The molecule has 1 atom stereocenters. The zero-order valence-corrected chi connectivity index (χ0v) is 15.6. The highest BCUT2D eigenvalue weighted by molar-refractivity contribution is 5.92. The fraction of sp³-hybridized carbons (Fsp3) is 0.579. The van der Waals surface area contributed by atoms with Crippen molar-refractivity contribution in [2.45, 2.75) is 65.6 Å².